The van der Waals surface area contributed by atoms with Gasteiger partial charge in [0.25, 0.3) is 0 Å². The van der Waals surface area contributed by atoms with Crippen LogP contribution in [0, 0.1) is 0 Å². The van der Waals surface area contributed by atoms with Crippen molar-refractivity contribution in [3.8, 4) is 0 Å². The molecule has 0 saturated carbocycles. The third kappa shape index (κ3) is 3.48. The summed E-state index contributed by atoms with van der Waals surface area (Å²) in [5.41, 5.74) is 6.56. The van der Waals surface area contributed by atoms with Crippen molar-refractivity contribution in [3.05, 3.63) is 33.3 Å². The number of methoxy groups -OCH3 is 1. The third-order valence-electron chi connectivity index (χ3n) is 1.94. The zero-order valence-corrected chi connectivity index (χ0v) is 10.5. The quantitative estimate of drug-likeness (QED) is 0.869. The summed E-state index contributed by atoms with van der Waals surface area (Å²) < 4.78 is 5.33. The molecule has 0 aliphatic carbocycles. The molecule has 0 aliphatic heterocycles. The maximum absolute atomic E-state index is 11.1. The van der Waals surface area contributed by atoms with Crippen LogP contribution in [0.5, 0.6) is 0 Å². The Morgan fingerprint density at radius 3 is 2.87 bits per heavy atom. The predicted octanol–water partition coefficient (Wildman–Crippen LogP) is 2.15. The SMILES string of the molecule is COC(=O)C(N)Cc1ccc(Cl)c(Br)c1. The second kappa shape index (κ2) is 5.49. The van der Waals surface area contributed by atoms with Crippen LogP contribution < -0.4 is 5.73 Å². The second-order valence-electron chi connectivity index (χ2n) is 3.08. The summed E-state index contributed by atoms with van der Waals surface area (Å²) in [6.45, 7) is 0. The summed E-state index contributed by atoms with van der Waals surface area (Å²) in [5, 5.41) is 0.630. The largest absolute Gasteiger partial charge is 0.468 e. The molecule has 5 heteroatoms. The first-order valence-corrected chi connectivity index (χ1v) is 5.49. The Morgan fingerprint density at radius 2 is 2.33 bits per heavy atom. The van der Waals surface area contributed by atoms with E-state index in [2.05, 4.69) is 20.7 Å². The van der Waals surface area contributed by atoms with Crippen LogP contribution in [-0.4, -0.2) is 19.1 Å². The smallest absolute Gasteiger partial charge is 0.322 e. The monoisotopic (exact) mass is 291 g/mol. The van der Waals surface area contributed by atoms with E-state index < -0.39 is 12.0 Å². The molecule has 1 aromatic rings. The average molecular weight is 293 g/mol. The van der Waals surface area contributed by atoms with E-state index in [-0.39, 0.29) is 0 Å². The summed E-state index contributed by atoms with van der Waals surface area (Å²) in [5.74, 6) is -0.416. The van der Waals surface area contributed by atoms with Gasteiger partial charge in [-0.1, -0.05) is 17.7 Å². The Labute approximate surface area is 102 Å². The molecule has 1 atom stereocenters. The third-order valence-corrected chi connectivity index (χ3v) is 3.16. The van der Waals surface area contributed by atoms with Gasteiger partial charge in [0.15, 0.2) is 0 Å². The Kier molecular flexibility index (Phi) is 4.57. The zero-order chi connectivity index (χ0) is 11.4. The number of benzene rings is 1. The van der Waals surface area contributed by atoms with Gasteiger partial charge in [-0.2, -0.15) is 0 Å². The van der Waals surface area contributed by atoms with Crippen LogP contribution in [0.15, 0.2) is 22.7 Å². The molecule has 82 valence electrons. The first-order chi connectivity index (χ1) is 7.04. The number of hydrogen-bond acceptors (Lipinski definition) is 3. The number of carbonyl (C=O) groups excluding carboxylic acids is 1. The fourth-order valence-electron chi connectivity index (χ4n) is 1.16. The highest BCUT2D eigenvalue weighted by Gasteiger charge is 2.14. The van der Waals surface area contributed by atoms with Gasteiger partial charge in [-0.3, -0.25) is 4.79 Å². The van der Waals surface area contributed by atoms with Crippen molar-refractivity contribution in [2.45, 2.75) is 12.5 Å². The van der Waals surface area contributed by atoms with Crippen LogP contribution in [0.4, 0.5) is 0 Å². The molecule has 0 saturated heterocycles. The second-order valence-corrected chi connectivity index (χ2v) is 4.34. The Balaban J connectivity index is 2.73. The minimum Gasteiger partial charge on any atom is -0.468 e. The van der Waals surface area contributed by atoms with Crippen molar-refractivity contribution in [1.29, 1.82) is 0 Å². The van der Waals surface area contributed by atoms with E-state index in [1.165, 1.54) is 7.11 Å². The topological polar surface area (TPSA) is 52.3 Å². The number of carbonyl (C=O) groups is 1. The molecule has 1 rings (SSSR count). The van der Waals surface area contributed by atoms with Crippen LogP contribution in [0.3, 0.4) is 0 Å². The first kappa shape index (κ1) is 12.5. The molecule has 15 heavy (non-hydrogen) atoms. The minimum atomic E-state index is -0.636. The number of nitrogens with two attached hydrogens (primary N) is 1. The van der Waals surface area contributed by atoms with Gasteiger partial charge in [0.05, 0.1) is 12.1 Å². The highest BCUT2D eigenvalue weighted by Crippen LogP contribution is 2.23. The lowest BCUT2D eigenvalue weighted by atomic mass is 10.1. The number of hydrogen-bond donors (Lipinski definition) is 1. The molecule has 0 aliphatic rings. The molecule has 3 nitrogen and oxygen atoms in total. The summed E-state index contributed by atoms with van der Waals surface area (Å²) in [6, 6.07) is 4.79. The van der Waals surface area contributed by atoms with E-state index in [0.717, 1.165) is 10.0 Å². The molecule has 0 spiro atoms. The van der Waals surface area contributed by atoms with E-state index in [9.17, 15) is 4.79 Å². The van der Waals surface area contributed by atoms with Crippen LogP contribution in [0.1, 0.15) is 5.56 Å². The molecule has 0 radical (unpaired) electrons. The van der Waals surface area contributed by atoms with E-state index in [0.29, 0.717) is 11.4 Å². The Bertz CT molecular complexity index is 370. The van der Waals surface area contributed by atoms with E-state index in [1.54, 1.807) is 6.07 Å². The van der Waals surface area contributed by atoms with Gasteiger partial charge >= 0.3 is 5.97 Å². The van der Waals surface area contributed by atoms with Gasteiger partial charge in [0, 0.05) is 4.47 Å². The lowest BCUT2D eigenvalue weighted by molar-refractivity contribution is -0.142. The highest BCUT2D eigenvalue weighted by molar-refractivity contribution is 9.10. The number of halogens is 2. The van der Waals surface area contributed by atoms with Crippen molar-refractivity contribution in [3.63, 3.8) is 0 Å². The van der Waals surface area contributed by atoms with Gasteiger partial charge in [-0.15, -0.1) is 0 Å². The number of ether oxygens (including phenoxy) is 1. The summed E-state index contributed by atoms with van der Waals surface area (Å²) in [4.78, 5) is 11.1. The number of rotatable bonds is 3. The Morgan fingerprint density at radius 1 is 1.67 bits per heavy atom. The van der Waals surface area contributed by atoms with Gasteiger partial charge in [-0.05, 0) is 40.0 Å². The molecule has 0 aromatic heterocycles. The van der Waals surface area contributed by atoms with Gasteiger partial charge in [0.2, 0.25) is 0 Å². The molecular weight excluding hydrogens is 281 g/mol. The molecule has 1 aromatic carbocycles. The van der Waals surface area contributed by atoms with Gasteiger partial charge in [0.1, 0.15) is 6.04 Å². The summed E-state index contributed by atoms with van der Waals surface area (Å²) in [6.07, 6.45) is 0.433. The van der Waals surface area contributed by atoms with E-state index in [4.69, 9.17) is 17.3 Å². The maximum Gasteiger partial charge on any atom is 0.322 e. The lowest BCUT2D eigenvalue weighted by Gasteiger charge is -2.09. The fraction of sp³-hybridized carbons (Fsp3) is 0.300. The van der Waals surface area contributed by atoms with Crippen LogP contribution in [0.2, 0.25) is 5.02 Å². The molecule has 1 unspecified atom stereocenters. The molecule has 0 heterocycles. The normalized spacial score (nSPS) is 12.3. The van der Waals surface area contributed by atoms with Crippen LogP contribution in [-0.2, 0) is 16.0 Å². The summed E-state index contributed by atoms with van der Waals surface area (Å²) >= 11 is 9.14. The van der Waals surface area contributed by atoms with Crippen LogP contribution >= 0.6 is 27.5 Å². The maximum atomic E-state index is 11.1. The predicted molar refractivity (Wildman–Crippen MR) is 62.8 cm³/mol. The molecule has 0 bridgehead atoms. The lowest BCUT2D eigenvalue weighted by Crippen LogP contribution is -2.33. The van der Waals surface area contributed by atoms with Crippen molar-refractivity contribution in [2.24, 2.45) is 5.73 Å². The summed E-state index contributed by atoms with van der Waals surface area (Å²) in [7, 11) is 1.32. The average Bonchev–Trinajstić information content (AvgIpc) is 2.22. The van der Waals surface area contributed by atoms with E-state index >= 15 is 0 Å². The Hall–Kier alpha value is -0.580. The number of esters is 1. The van der Waals surface area contributed by atoms with Gasteiger partial charge in [-0.25, -0.2) is 0 Å². The van der Waals surface area contributed by atoms with Crippen molar-refractivity contribution in [1.82, 2.24) is 0 Å². The van der Waals surface area contributed by atoms with Crippen molar-refractivity contribution >= 4 is 33.5 Å². The molecule has 2 N–H and O–H groups in total. The standard InChI is InChI=1S/C10H11BrClNO2/c1-15-10(14)9(13)5-6-2-3-8(12)7(11)4-6/h2-4,9H,5,13H2,1H3. The highest BCUT2D eigenvalue weighted by atomic mass is 79.9. The zero-order valence-electron chi connectivity index (χ0n) is 8.17. The molecule has 0 fully saturated rings. The first-order valence-electron chi connectivity index (χ1n) is 4.32. The van der Waals surface area contributed by atoms with Crippen molar-refractivity contribution < 1.29 is 9.53 Å². The van der Waals surface area contributed by atoms with Crippen molar-refractivity contribution in [2.75, 3.05) is 7.11 Å². The van der Waals surface area contributed by atoms with Crippen LogP contribution in [0.25, 0.3) is 0 Å². The minimum absolute atomic E-state index is 0.416. The van der Waals surface area contributed by atoms with E-state index in [1.807, 2.05) is 12.1 Å². The molecular formula is C10H11BrClNO2. The molecule has 0 amide bonds. The van der Waals surface area contributed by atoms with Gasteiger partial charge < -0.3 is 10.5 Å². The fourth-order valence-corrected chi connectivity index (χ4v) is 1.70.